The highest BCUT2D eigenvalue weighted by molar-refractivity contribution is 5.96. The van der Waals surface area contributed by atoms with E-state index in [-0.39, 0.29) is 12.0 Å². The van der Waals surface area contributed by atoms with Gasteiger partial charge in [0.2, 0.25) is 0 Å². The van der Waals surface area contributed by atoms with Gasteiger partial charge >= 0.3 is 11.9 Å². The minimum absolute atomic E-state index is 0.127. The van der Waals surface area contributed by atoms with E-state index in [1.807, 2.05) is 0 Å². The van der Waals surface area contributed by atoms with E-state index < -0.39 is 65.4 Å². The van der Waals surface area contributed by atoms with Crippen molar-refractivity contribution in [3.05, 3.63) is 35.5 Å². The summed E-state index contributed by atoms with van der Waals surface area (Å²) in [6.45, 7) is 15.4. The lowest BCUT2D eigenvalue weighted by Crippen LogP contribution is -2.55. The molecule has 1 saturated heterocycles. The van der Waals surface area contributed by atoms with Crippen molar-refractivity contribution in [3.63, 3.8) is 0 Å². The van der Waals surface area contributed by atoms with Crippen LogP contribution in [0, 0.1) is 5.92 Å². The van der Waals surface area contributed by atoms with E-state index in [1.165, 1.54) is 14.0 Å². The Labute approximate surface area is 206 Å². The lowest BCUT2D eigenvalue weighted by Gasteiger charge is -2.39. The summed E-state index contributed by atoms with van der Waals surface area (Å²) in [5, 5.41) is 21.8. The molecular weight excluding hydrogens is 456 g/mol. The molecule has 196 valence electrons. The van der Waals surface area contributed by atoms with Gasteiger partial charge in [-0.1, -0.05) is 18.7 Å². The number of hydrogen-bond acceptors (Lipinski definition) is 9. The fourth-order valence-corrected chi connectivity index (χ4v) is 3.97. The number of hydrogen-bond donors (Lipinski definition) is 2. The minimum atomic E-state index is -1.62. The fourth-order valence-electron chi connectivity index (χ4n) is 3.97. The van der Waals surface area contributed by atoms with Crippen LogP contribution in [0.25, 0.3) is 0 Å². The molecule has 0 aromatic carbocycles. The molecule has 2 aliphatic rings. The van der Waals surface area contributed by atoms with Crippen molar-refractivity contribution in [1.29, 1.82) is 0 Å². The Balaban J connectivity index is 2.46. The zero-order valence-electron chi connectivity index (χ0n) is 21.8. The molecule has 1 aliphatic heterocycles. The summed E-state index contributed by atoms with van der Waals surface area (Å²) in [5.74, 6) is -2.98. The molecule has 1 saturated carbocycles. The molecule has 2 N–H and O–H groups in total. The van der Waals surface area contributed by atoms with Crippen LogP contribution in [-0.4, -0.2) is 76.8 Å². The second-order valence-electron chi connectivity index (χ2n) is 9.82. The summed E-state index contributed by atoms with van der Waals surface area (Å²) in [7, 11) is 1.44. The predicted octanol–water partition coefficient (Wildman–Crippen LogP) is 2.19. The maximum Gasteiger partial charge on any atom is 0.333 e. The Morgan fingerprint density at radius 3 is 2.26 bits per heavy atom. The molecule has 0 amide bonds. The number of epoxide rings is 1. The quantitative estimate of drug-likeness (QED) is 0.203. The fraction of sp³-hybridized carbons (Fsp3) is 0.654. The summed E-state index contributed by atoms with van der Waals surface area (Å²) >= 11 is 0. The Hall–Kier alpha value is -2.33. The first kappa shape index (κ1) is 28.9. The molecule has 0 aromatic rings. The normalized spacial score (nSPS) is 30.7. The third-order valence-electron chi connectivity index (χ3n) is 7.22. The first-order chi connectivity index (χ1) is 16.2. The van der Waals surface area contributed by atoms with Crippen LogP contribution >= 0.6 is 0 Å². The third kappa shape index (κ3) is 5.74. The number of fused-ring (bicyclic) bond motifs is 1. The number of Topliss-reactive ketones (excluding diaryl/α,β-unsaturated/α-hetero) is 1. The van der Waals surface area contributed by atoms with Gasteiger partial charge in [-0.05, 0) is 54.0 Å². The van der Waals surface area contributed by atoms with Gasteiger partial charge in [0.1, 0.15) is 24.4 Å². The van der Waals surface area contributed by atoms with Crippen LogP contribution < -0.4 is 0 Å². The van der Waals surface area contributed by atoms with Crippen molar-refractivity contribution < 1.29 is 43.5 Å². The van der Waals surface area contributed by atoms with Gasteiger partial charge in [0.05, 0.1) is 17.6 Å². The number of ketones is 1. The van der Waals surface area contributed by atoms with Crippen LogP contribution in [-0.2, 0) is 33.3 Å². The van der Waals surface area contributed by atoms with Crippen LogP contribution in [0.1, 0.15) is 54.9 Å². The molecule has 0 bridgehead atoms. The van der Waals surface area contributed by atoms with Gasteiger partial charge in [-0.2, -0.15) is 0 Å². The van der Waals surface area contributed by atoms with Crippen molar-refractivity contribution in [2.45, 2.75) is 96.6 Å². The number of aliphatic hydroxyl groups excluding tert-OH is 2. The van der Waals surface area contributed by atoms with E-state index in [0.29, 0.717) is 11.1 Å². The smallest absolute Gasteiger partial charge is 0.333 e. The average molecular weight is 495 g/mol. The lowest BCUT2D eigenvalue weighted by molar-refractivity contribution is -0.158. The molecule has 9 nitrogen and oxygen atoms in total. The third-order valence-corrected chi connectivity index (χ3v) is 7.22. The van der Waals surface area contributed by atoms with E-state index in [1.54, 1.807) is 53.7 Å². The van der Waals surface area contributed by atoms with Crippen molar-refractivity contribution in [1.82, 2.24) is 0 Å². The topological polar surface area (TPSA) is 132 Å². The minimum Gasteiger partial charge on any atom is -0.455 e. The SMILES string of the molecule is C=C(C(CC(O)C(C)(C)OC)OC(=O)/C(C)=C\C)[C@@H]1[C@@H](OC(=O)/C(C)=C\C)[C@@H]2O[C@]2(C)C(=O)[C@H]1O. The van der Waals surface area contributed by atoms with Crippen LogP contribution in [0.2, 0.25) is 0 Å². The Kier molecular flexibility index (Phi) is 8.87. The molecule has 0 spiro atoms. The number of carbonyl (C=O) groups is 3. The van der Waals surface area contributed by atoms with E-state index >= 15 is 0 Å². The molecule has 2 rings (SSSR count). The van der Waals surface area contributed by atoms with Gasteiger partial charge in [-0.25, -0.2) is 9.59 Å². The number of carbonyl (C=O) groups excluding carboxylic acids is 3. The highest BCUT2D eigenvalue weighted by Gasteiger charge is 2.71. The monoisotopic (exact) mass is 494 g/mol. The molecule has 7 atom stereocenters. The van der Waals surface area contributed by atoms with Crippen molar-refractivity contribution in [2.24, 2.45) is 5.92 Å². The van der Waals surface area contributed by atoms with Crippen LogP contribution in [0.15, 0.2) is 35.5 Å². The molecule has 0 radical (unpaired) electrons. The van der Waals surface area contributed by atoms with Gasteiger partial charge in [0.25, 0.3) is 0 Å². The molecule has 0 aromatic heterocycles. The maximum atomic E-state index is 12.9. The van der Waals surface area contributed by atoms with Gasteiger partial charge in [0, 0.05) is 24.7 Å². The summed E-state index contributed by atoms with van der Waals surface area (Å²) in [5.41, 5.74) is -1.48. The Bertz CT molecular complexity index is 931. The Morgan fingerprint density at radius 2 is 1.74 bits per heavy atom. The van der Waals surface area contributed by atoms with E-state index in [4.69, 9.17) is 18.9 Å². The summed E-state index contributed by atoms with van der Waals surface area (Å²) in [6.07, 6.45) is -2.66. The Morgan fingerprint density at radius 1 is 1.20 bits per heavy atom. The van der Waals surface area contributed by atoms with Gasteiger partial charge in [0.15, 0.2) is 11.4 Å². The molecule has 2 unspecified atom stereocenters. The number of ether oxygens (including phenoxy) is 4. The maximum absolute atomic E-state index is 12.9. The average Bonchev–Trinajstić information content (AvgIpc) is 3.53. The summed E-state index contributed by atoms with van der Waals surface area (Å²) < 4.78 is 22.3. The number of methoxy groups -OCH3 is 1. The van der Waals surface area contributed by atoms with Crippen LogP contribution in [0.3, 0.4) is 0 Å². The van der Waals surface area contributed by atoms with Gasteiger partial charge in [-0.3, -0.25) is 4.79 Å². The van der Waals surface area contributed by atoms with Gasteiger partial charge < -0.3 is 29.2 Å². The van der Waals surface area contributed by atoms with Crippen LogP contribution in [0.5, 0.6) is 0 Å². The van der Waals surface area contributed by atoms with Crippen molar-refractivity contribution in [2.75, 3.05) is 7.11 Å². The number of esters is 2. The second-order valence-corrected chi connectivity index (χ2v) is 9.82. The summed E-state index contributed by atoms with van der Waals surface area (Å²) in [6, 6.07) is 0. The van der Waals surface area contributed by atoms with E-state index in [2.05, 4.69) is 6.58 Å². The summed E-state index contributed by atoms with van der Waals surface area (Å²) in [4.78, 5) is 38.1. The first-order valence-electron chi connectivity index (χ1n) is 11.7. The number of aliphatic hydroxyl groups is 2. The van der Waals surface area contributed by atoms with Crippen molar-refractivity contribution in [3.8, 4) is 0 Å². The number of allylic oxidation sites excluding steroid dienone is 2. The molecule has 1 heterocycles. The van der Waals surface area contributed by atoms with Crippen LogP contribution in [0.4, 0.5) is 0 Å². The number of rotatable bonds is 10. The zero-order valence-corrected chi connectivity index (χ0v) is 21.8. The molecule has 2 fully saturated rings. The standard InChI is InChI=1S/C26H38O9/c1-10-13(3)23(30)33-16(12-17(27)25(6,7)32-9)15(5)18-19(28)21(29)26(8)22(35-26)20(18)34-24(31)14(4)11-2/h10-11,16-20,22,27-28H,5,12H2,1-4,6-9H3/b13-10-,14-11-/t16?,17?,18-,19-,20+,22-,26+/m0/s1. The van der Waals surface area contributed by atoms with Crippen molar-refractivity contribution >= 4 is 17.7 Å². The highest BCUT2D eigenvalue weighted by Crippen LogP contribution is 2.51. The first-order valence-corrected chi connectivity index (χ1v) is 11.7. The second kappa shape index (κ2) is 10.7. The largest absolute Gasteiger partial charge is 0.455 e. The zero-order chi connectivity index (χ0) is 26.9. The van der Waals surface area contributed by atoms with Gasteiger partial charge in [-0.15, -0.1) is 0 Å². The van der Waals surface area contributed by atoms with E-state index in [0.717, 1.165) is 0 Å². The lowest BCUT2D eigenvalue weighted by atomic mass is 9.72. The van der Waals surface area contributed by atoms with E-state index in [9.17, 15) is 24.6 Å². The molecule has 9 heteroatoms. The molecular formula is C26H38O9. The highest BCUT2D eigenvalue weighted by atomic mass is 16.7. The molecule has 35 heavy (non-hydrogen) atoms. The predicted molar refractivity (Wildman–Crippen MR) is 127 cm³/mol. The molecule has 1 aliphatic carbocycles.